The van der Waals surface area contributed by atoms with E-state index < -0.39 is 5.97 Å². The van der Waals surface area contributed by atoms with Gasteiger partial charge in [-0.3, -0.25) is 9.59 Å². The molecule has 0 aliphatic carbocycles. The highest BCUT2D eigenvalue weighted by molar-refractivity contribution is 5.85. The van der Waals surface area contributed by atoms with E-state index in [1.54, 1.807) is 18.2 Å². The summed E-state index contributed by atoms with van der Waals surface area (Å²) < 4.78 is 10.2. The summed E-state index contributed by atoms with van der Waals surface area (Å²) >= 11 is 0. The minimum atomic E-state index is -0.432. The fraction of sp³-hybridized carbons (Fsp3) is 0.211. The van der Waals surface area contributed by atoms with Crippen LogP contribution in [0.5, 0.6) is 11.5 Å². The van der Waals surface area contributed by atoms with Crippen molar-refractivity contribution >= 4 is 23.8 Å². The highest BCUT2D eigenvalue weighted by Gasteiger charge is 2.07. The molecule has 0 atom stereocenters. The Morgan fingerprint density at radius 3 is 2.62 bits per heavy atom. The molecule has 0 aliphatic rings. The van der Waals surface area contributed by atoms with Gasteiger partial charge in [-0.25, -0.2) is 5.43 Å². The lowest BCUT2D eigenvalue weighted by Gasteiger charge is -2.08. The molecule has 7 nitrogen and oxygen atoms in total. The molecular weight excluding hydrogens is 334 g/mol. The lowest BCUT2D eigenvalue weighted by Crippen LogP contribution is -2.26. The summed E-state index contributed by atoms with van der Waals surface area (Å²) in [4.78, 5) is 22.9. The first-order chi connectivity index (χ1) is 12.5. The molecule has 0 bridgehead atoms. The number of amides is 1. The Kier molecular flexibility index (Phi) is 6.73. The Bertz CT molecular complexity index is 818. The summed E-state index contributed by atoms with van der Waals surface area (Å²) in [6.07, 6.45) is 1.48. The third-order valence-corrected chi connectivity index (χ3v) is 3.43. The van der Waals surface area contributed by atoms with Crippen molar-refractivity contribution in [2.24, 2.45) is 5.10 Å². The Balaban J connectivity index is 1.90. The molecule has 2 rings (SSSR count). The minimum Gasteiger partial charge on any atom is -0.493 e. The first-order valence-corrected chi connectivity index (χ1v) is 7.97. The van der Waals surface area contributed by atoms with Crippen LogP contribution < -0.4 is 20.2 Å². The van der Waals surface area contributed by atoms with E-state index in [9.17, 15) is 9.59 Å². The van der Waals surface area contributed by atoms with Crippen molar-refractivity contribution in [2.75, 3.05) is 19.0 Å². The lowest BCUT2D eigenvalue weighted by atomic mass is 10.2. The van der Waals surface area contributed by atoms with Gasteiger partial charge < -0.3 is 14.8 Å². The van der Waals surface area contributed by atoms with Gasteiger partial charge in [0.1, 0.15) is 0 Å². The van der Waals surface area contributed by atoms with E-state index in [1.807, 2.05) is 31.2 Å². The van der Waals surface area contributed by atoms with E-state index in [-0.39, 0.29) is 12.5 Å². The van der Waals surface area contributed by atoms with E-state index >= 15 is 0 Å². The van der Waals surface area contributed by atoms with Gasteiger partial charge in [-0.15, -0.1) is 0 Å². The number of ether oxygens (including phenoxy) is 2. The van der Waals surface area contributed by atoms with Crippen molar-refractivity contribution in [2.45, 2.75) is 13.8 Å². The number of esters is 1. The summed E-state index contributed by atoms with van der Waals surface area (Å²) in [5.74, 6) is 0.0199. The normalized spacial score (nSPS) is 10.4. The number of aryl methyl sites for hydroxylation is 1. The van der Waals surface area contributed by atoms with Gasteiger partial charge in [0.15, 0.2) is 11.5 Å². The van der Waals surface area contributed by atoms with Gasteiger partial charge >= 0.3 is 5.97 Å². The van der Waals surface area contributed by atoms with Crippen LogP contribution in [0, 0.1) is 6.92 Å². The molecule has 2 N–H and O–H groups in total. The molecule has 0 saturated heterocycles. The molecule has 0 heterocycles. The zero-order valence-electron chi connectivity index (χ0n) is 14.9. The number of hydrogen-bond donors (Lipinski definition) is 2. The summed E-state index contributed by atoms with van der Waals surface area (Å²) in [7, 11) is 1.47. The van der Waals surface area contributed by atoms with Crippen LogP contribution in [0.3, 0.4) is 0 Å². The van der Waals surface area contributed by atoms with Crippen molar-refractivity contribution < 1.29 is 19.1 Å². The SMILES string of the molecule is COc1cc(/C=N/NC(=O)CNc2ccccc2C)ccc1OC(C)=O. The number of benzene rings is 2. The molecule has 2 aromatic carbocycles. The van der Waals surface area contributed by atoms with Gasteiger partial charge in [-0.05, 0) is 42.3 Å². The number of hydrogen-bond acceptors (Lipinski definition) is 6. The molecule has 1 amide bonds. The number of hydrazone groups is 1. The molecule has 136 valence electrons. The molecule has 0 spiro atoms. The smallest absolute Gasteiger partial charge is 0.308 e. The van der Waals surface area contributed by atoms with Crippen molar-refractivity contribution in [1.29, 1.82) is 0 Å². The van der Waals surface area contributed by atoms with E-state index in [1.165, 1.54) is 20.2 Å². The highest BCUT2D eigenvalue weighted by atomic mass is 16.6. The van der Waals surface area contributed by atoms with Gasteiger partial charge in [-0.1, -0.05) is 18.2 Å². The Morgan fingerprint density at radius 1 is 1.15 bits per heavy atom. The second-order valence-corrected chi connectivity index (χ2v) is 5.47. The standard InChI is InChI=1S/C19H21N3O4/c1-13-6-4-5-7-16(13)20-12-19(24)22-21-11-15-8-9-17(26-14(2)23)18(10-15)25-3/h4-11,20H,12H2,1-3H3,(H,22,24)/b21-11+. The summed E-state index contributed by atoms with van der Waals surface area (Å²) in [6.45, 7) is 3.39. The maximum absolute atomic E-state index is 11.8. The fourth-order valence-electron chi connectivity index (χ4n) is 2.17. The van der Waals surface area contributed by atoms with Crippen molar-refractivity contribution in [3.05, 3.63) is 53.6 Å². The van der Waals surface area contributed by atoms with Crippen LogP contribution >= 0.6 is 0 Å². The van der Waals surface area contributed by atoms with Gasteiger partial charge in [0.2, 0.25) is 0 Å². The summed E-state index contributed by atoms with van der Waals surface area (Å²) in [5.41, 5.74) is 5.09. The number of rotatable bonds is 7. The van der Waals surface area contributed by atoms with Crippen LogP contribution in [0.1, 0.15) is 18.1 Å². The molecule has 0 aromatic heterocycles. The third kappa shape index (κ3) is 5.62. The van der Waals surface area contributed by atoms with Gasteiger partial charge in [0, 0.05) is 12.6 Å². The fourth-order valence-corrected chi connectivity index (χ4v) is 2.17. The maximum Gasteiger partial charge on any atom is 0.308 e. The molecule has 7 heteroatoms. The van der Waals surface area contributed by atoms with Crippen LogP contribution in [0.2, 0.25) is 0 Å². The van der Waals surface area contributed by atoms with Crippen LogP contribution in [-0.4, -0.2) is 31.7 Å². The molecule has 2 aromatic rings. The Hall–Kier alpha value is -3.35. The van der Waals surface area contributed by atoms with E-state index in [0.717, 1.165) is 11.3 Å². The minimum absolute atomic E-state index is 0.108. The third-order valence-electron chi connectivity index (χ3n) is 3.43. The first kappa shape index (κ1) is 19.0. The van der Waals surface area contributed by atoms with Crippen LogP contribution in [0.15, 0.2) is 47.6 Å². The largest absolute Gasteiger partial charge is 0.493 e. The number of carbonyl (C=O) groups is 2. The summed E-state index contributed by atoms with van der Waals surface area (Å²) in [5, 5.41) is 6.97. The topological polar surface area (TPSA) is 89.0 Å². The van der Waals surface area contributed by atoms with Gasteiger partial charge in [-0.2, -0.15) is 5.10 Å². The van der Waals surface area contributed by atoms with Crippen molar-refractivity contribution in [3.63, 3.8) is 0 Å². The average Bonchev–Trinajstić information content (AvgIpc) is 2.61. The second-order valence-electron chi connectivity index (χ2n) is 5.47. The first-order valence-electron chi connectivity index (χ1n) is 7.97. The van der Waals surface area contributed by atoms with E-state index in [2.05, 4.69) is 15.8 Å². The predicted octanol–water partition coefficient (Wildman–Crippen LogP) is 2.49. The predicted molar refractivity (Wildman–Crippen MR) is 99.7 cm³/mol. The van der Waals surface area contributed by atoms with Crippen LogP contribution in [0.25, 0.3) is 0 Å². The zero-order chi connectivity index (χ0) is 18.9. The molecule has 0 unspecified atom stereocenters. The monoisotopic (exact) mass is 355 g/mol. The van der Waals surface area contributed by atoms with Crippen molar-refractivity contribution in [3.8, 4) is 11.5 Å². The number of anilines is 1. The Labute approximate surface area is 152 Å². The number of carbonyl (C=O) groups excluding carboxylic acids is 2. The van der Waals surface area contributed by atoms with E-state index in [4.69, 9.17) is 9.47 Å². The molecule has 26 heavy (non-hydrogen) atoms. The number of nitrogens with zero attached hydrogens (tertiary/aromatic N) is 1. The second kappa shape index (κ2) is 9.22. The van der Waals surface area contributed by atoms with Crippen LogP contribution in [0.4, 0.5) is 5.69 Å². The quantitative estimate of drug-likeness (QED) is 0.345. The highest BCUT2D eigenvalue weighted by Crippen LogP contribution is 2.27. The Morgan fingerprint density at radius 2 is 1.92 bits per heavy atom. The average molecular weight is 355 g/mol. The van der Waals surface area contributed by atoms with Crippen molar-refractivity contribution in [1.82, 2.24) is 5.43 Å². The summed E-state index contributed by atoms with van der Waals surface area (Å²) in [6, 6.07) is 12.7. The number of para-hydroxylation sites is 1. The van der Waals surface area contributed by atoms with Gasteiger partial charge in [0.25, 0.3) is 5.91 Å². The molecule has 0 fully saturated rings. The molecular formula is C19H21N3O4. The van der Waals surface area contributed by atoms with E-state index in [0.29, 0.717) is 17.1 Å². The molecule has 0 saturated carbocycles. The number of methoxy groups -OCH3 is 1. The van der Waals surface area contributed by atoms with Crippen LogP contribution in [-0.2, 0) is 9.59 Å². The number of nitrogens with one attached hydrogen (secondary N) is 2. The maximum atomic E-state index is 11.8. The lowest BCUT2D eigenvalue weighted by molar-refractivity contribution is -0.132. The molecule has 0 aliphatic heterocycles. The molecule has 0 radical (unpaired) electrons. The van der Waals surface area contributed by atoms with Gasteiger partial charge in [0.05, 0.1) is 19.9 Å². The zero-order valence-corrected chi connectivity index (χ0v) is 14.9.